The first-order chi connectivity index (χ1) is 11.3. The van der Waals surface area contributed by atoms with E-state index in [4.69, 9.17) is 4.74 Å². The highest BCUT2D eigenvalue weighted by molar-refractivity contribution is 9.10. The summed E-state index contributed by atoms with van der Waals surface area (Å²) in [6.45, 7) is 10.9. The number of hydrogen-bond donors (Lipinski definition) is 1. The zero-order valence-electron chi connectivity index (χ0n) is 14.9. The largest absolute Gasteiger partial charge is 0.373 e. The Morgan fingerprint density at radius 1 is 1.38 bits per heavy atom. The average molecular weight is 395 g/mol. The Kier molecular flexibility index (Phi) is 6.61. The second kappa shape index (κ2) is 8.28. The molecule has 1 saturated heterocycles. The Bertz CT molecular complexity index is 591. The molecule has 1 amide bonds. The van der Waals surface area contributed by atoms with Gasteiger partial charge >= 0.3 is 0 Å². The Balaban J connectivity index is 1.88. The number of carbonyl (C=O) groups is 1. The summed E-state index contributed by atoms with van der Waals surface area (Å²) >= 11 is 3.43. The molecule has 1 heterocycles. The van der Waals surface area contributed by atoms with Crippen molar-refractivity contribution in [3.05, 3.63) is 40.4 Å². The normalized spacial score (nSPS) is 22.7. The minimum Gasteiger partial charge on any atom is -0.373 e. The van der Waals surface area contributed by atoms with E-state index in [-0.39, 0.29) is 23.7 Å². The standard InChI is InChI=1S/C19H27BrN2O2/c1-14-11-22(12-15(2)24-14)19(3,4)13-21-18(23)9-8-16-6-5-7-17(20)10-16/h5-10,14-15H,11-13H2,1-4H3,(H,21,23)/b9-8+/t14-,15+. The zero-order chi connectivity index (χ0) is 17.7. The molecule has 4 nitrogen and oxygen atoms in total. The van der Waals surface area contributed by atoms with Gasteiger partial charge in [0, 0.05) is 35.7 Å². The lowest BCUT2D eigenvalue weighted by Gasteiger charge is -2.45. The molecule has 132 valence electrons. The molecule has 1 aromatic carbocycles. The lowest BCUT2D eigenvalue weighted by molar-refractivity contribution is -0.118. The van der Waals surface area contributed by atoms with Crippen molar-refractivity contribution in [3.8, 4) is 0 Å². The third-order valence-electron chi connectivity index (χ3n) is 4.25. The van der Waals surface area contributed by atoms with Crippen LogP contribution in [0, 0.1) is 0 Å². The van der Waals surface area contributed by atoms with Crippen LogP contribution in [-0.4, -0.2) is 48.2 Å². The van der Waals surface area contributed by atoms with E-state index in [0.29, 0.717) is 6.54 Å². The number of nitrogens with zero attached hydrogens (tertiary/aromatic N) is 1. The quantitative estimate of drug-likeness (QED) is 0.777. The van der Waals surface area contributed by atoms with Crippen LogP contribution in [-0.2, 0) is 9.53 Å². The van der Waals surface area contributed by atoms with E-state index in [1.165, 1.54) is 0 Å². The van der Waals surface area contributed by atoms with Crippen molar-refractivity contribution in [2.24, 2.45) is 0 Å². The minimum atomic E-state index is -0.106. The van der Waals surface area contributed by atoms with Gasteiger partial charge in [-0.05, 0) is 51.5 Å². The monoisotopic (exact) mass is 394 g/mol. The maximum absolute atomic E-state index is 12.1. The maximum Gasteiger partial charge on any atom is 0.244 e. The highest BCUT2D eigenvalue weighted by Crippen LogP contribution is 2.20. The van der Waals surface area contributed by atoms with Crippen molar-refractivity contribution in [3.63, 3.8) is 0 Å². The smallest absolute Gasteiger partial charge is 0.244 e. The van der Waals surface area contributed by atoms with Crippen molar-refractivity contribution in [2.45, 2.75) is 45.4 Å². The fraction of sp³-hybridized carbons (Fsp3) is 0.526. The zero-order valence-corrected chi connectivity index (χ0v) is 16.5. The van der Waals surface area contributed by atoms with Gasteiger partial charge in [-0.3, -0.25) is 9.69 Å². The Morgan fingerprint density at radius 2 is 2.04 bits per heavy atom. The second-order valence-corrected chi connectivity index (χ2v) is 8.00. The number of benzene rings is 1. The van der Waals surface area contributed by atoms with Crippen molar-refractivity contribution in [1.29, 1.82) is 0 Å². The average Bonchev–Trinajstić information content (AvgIpc) is 2.50. The van der Waals surface area contributed by atoms with Crippen LogP contribution < -0.4 is 5.32 Å². The van der Waals surface area contributed by atoms with E-state index in [1.54, 1.807) is 6.08 Å². The van der Waals surface area contributed by atoms with E-state index < -0.39 is 0 Å². The lowest BCUT2D eigenvalue weighted by Crippen LogP contribution is -2.58. The van der Waals surface area contributed by atoms with Gasteiger partial charge in [0.05, 0.1) is 12.2 Å². The lowest BCUT2D eigenvalue weighted by atomic mass is 10.00. The van der Waals surface area contributed by atoms with E-state index >= 15 is 0 Å². The molecule has 1 aromatic rings. The third-order valence-corrected chi connectivity index (χ3v) is 4.74. The van der Waals surface area contributed by atoms with Crippen LogP contribution in [0.5, 0.6) is 0 Å². The number of hydrogen-bond acceptors (Lipinski definition) is 3. The Hall–Kier alpha value is -1.17. The Morgan fingerprint density at radius 3 is 2.67 bits per heavy atom. The van der Waals surface area contributed by atoms with Crippen molar-refractivity contribution in [1.82, 2.24) is 10.2 Å². The predicted molar refractivity (Wildman–Crippen MR) is 102 cm³/mol. The first kappa shape index (κ1) is 19.2. The number of carbonyl (C=O) groups excluding carboxylic acids is 1. The number of nitrogens with one attached hydrogen (secondary N) is 1. The summed E-state index contributed by atoms with van der Waals surface area (Å²) in [5.74, 6) is -0.0718. The number of halogens is 1. The summed E-state index contributed by atoms with van der Waals surface area (Å²) in [5.41, 5.74) is 0.889. The minimum absolute atomic E-state index is 0.0718. The molecule has 5 heteroatoms. The van der Waals surface area contributed by atoms with Crippen molar-refractivity contribution in [2.75, 3.05) is 19.6 Å². The van der Waals surface area contributed by atoms with Crippen molar-refractivity contribution < 1.29 is 9.53 Å². The van der Waals surface area contributed by atoms with Crippen LogP contribution in [0.3, 0.4) is 0 Å². The molecule has 0 unspecified atom stereocenters. The van der Waals surface area contributed by atoms with Gasteiger partial charge in [-0.2, -0.15) is 0 Å². The first-order valence-electron chi connectivity index (χ1n) is 8.38. The predicted octanol–water partition coefficient (Wildman–Crippen LogP) is 3.47. The molecule has 0 aliphatic carbocycles. The molecule has 0 saturated carbocycles. The van der Waals surface area contributed by atoms with Gasteiger partial charge in [-0.25, -0.2) is 0 Å². The fourth-order valence-electron chi connectivity index (χ4n) is 2.93. The topological polar surface area (TPSA) is 41.6 Å². The summed E-state index contributed by atoms with van der Waals surface area (Å²) in [6.07, 6.45) is 3.86. The van der Waals surface area contributed by atoms with Gasteiger partial charge < -0.3 is 10.1 Å². The van der Waals surface area contributed by atoms with Crippen LogP contribution >= 0.6 is 15.9 Å². The molecule has 1 aliphatic heterocycles. The molecule has 0 aromatic heterocycles. The highest BCUT2D eigenvalue weighted by atomic mass is 79.9. The summed E-state index contributed by atoms with van der Waals surface area (Å²) in [4.78, 5) is 14.5. The molecule has 0 spiro atoms. The van der Waals surface area contributed by atoms with Crippen LogP contribution in [0.2, 0.25) is 0 Å². The van der Waals surface area contributed by atoms with Crippen LogP contribution in [0.25, 0.3) is 6.08 Å². The molecule has 2 rings (SSSR count). The number of morpholine rings is 1. The van der Waals surface area contributed by atoms with Gasteiger partial charge in [0.15, 0.2) is 0 Å². The molecule has 24 heavy (non-hydrogen) atoms. The summed E-state index contributed by atoms with van der Waals surface area (Å²) < 4.78 is 6.79. The summed E-state index contributed by atoms with van der Waals surface area (Å²) in [6, 6.07) is 7.86. The number of amides is 1. The number of ether oxygens (including phenoxy) is 1. The van der Waals surface area contributed by atoms with Crippen LogP contribution in [0.1, 0.15) is 33.3 Å². The van der Waals surface area contributed by atoms with E-state index in [2.05, 4.69) is 53.8 Å². The molecular formula is C19H27BrN2O2. The molecular weight excluding hydrogens is 368 g/mol. The van der Waals surface area contributed by atoms with Gasteiger partial charge in [0.25, 0.3) is 0 Å². The van der Waals surface area contributed by atoms with E-state index in [9.17, 15) is 4.79 Å². The van der Waals surface area contributed by atoms with E-state index in [0.717, 1.165) is 23.1 Å². The van der Waals surface area contributed by atoms with Gasteiger partial charge in [0.1, 0.15) is 0 Å². The van der Waals surface area contributed by atoms with Crippen LogP contribution in [0.4, 0.5) is 0 Å². The van der Waals surface area contributed by atoms with Gasteiger partial charge in [0.2, 0.25) is 5.91 Å². The maximum atomic E-state index is 12.1. The molecule has 0 radical (unpaired) electrons. The SMILES string of the molecule is C[C@@H]1CN(C(C)(C)CNC(=O)/C=C/c2cccc(Br)c2)C[C@H](C)O1. The first-order valence-corrected chi connectivity index (χ1v) is 9.17. The molecule has 0 bridgehead atoms. The fourth-order valence-corrected chi connectivity index (χ4v) is 3.35. The molecule has 2 atom stereocenters. The molecule has 1 aliphatic rings. The number of rotatable bonds is 5. The van der Waals surface area contributed by atoms with E-state index in [1.807, 2.05) is 30.3 Å². The second-order valence-electron chi connectivity index (χ2n) is 7.08. The van der Waals surface area contributed by atoms with Gasteiger partial charge in [-0.15, -0.1) is 0 Å². The highest BCUT2D eigenvalue weighted by Gasteiger charge is 2.33. The molecule has 1 fully saturated rings. The summed E-state index contributed by atoms with van der Waals surface area (Å²) in [7, 11) is 0. The molecule has 1 N–H and O–H groups in total. The van der Waals surface area contributed by atoms with Gasteiger partial charge in [-0.1, -0.05) is 28.1 Å². The third kappa shape index (κ3) is 5.72. The summed E-state index contributed by atoms with van der Waals surface area (Å²) in [5, 5.41) is 3.01. The Labute approximate surface area is 153 Å². The van der Waals surface area contributed by atoms with Crippen LogP contribution in [0.15, 0.2) is 34.8 Å². The van der Waals surface area contributed by atoms with Crippen molar-refractivity contribution >= 4 is 27.9 Å².